The van der Waals surface area contributed by atoms with Crippen LogP contribution in [0.15, 0.2) is 0 Å². The second-order valence-corrected chi connectivity index (χ2v) is 7.30. The highest BCUT2D eigenvalue weighted by Crippen LogP contribution is 2.15. The molecule has 0 aliphatic heterocycles. The van der Waals surface area contributed by atoms with Gasteiger partial charge in [0.15, 0.2) is 5.60 Å². The van der Waals surface area contributed by atoms with Crippen LogP contribution >= 0.6 is 0 Å². The maximum absolute atomic E-state index is 12.1. The van der Waals surface area contributed by atoms with Crippen molar-refractivity contribution in [3.8, 4) is 0 Å². The van der Waals surface area contributed by atoms with E-state index in [0.29, 0.717) is 6.42 Å². The van der Waals surface area contributed by atoms with Crippen molar-refractivity contribution in [3.63, 3.8) is 0 Å². The fraction of sp³-hybridized carbons (Fsp3) is 0.824. The van der Waals surface area contributed by atoms with Gasteiger partial charge in [-0.2, -0.15) is 0 Å². The maximum atomic E-state index is 12.1. The standard InChI is InChI=1S/C17H32N2O10/c1-11(2)8-13(9-14(20)21)10-18-16(23)29-12(3)28-15(22)17(4,5)26-6-7-27-19(24)25/h11-13,24-25H,6-10H2,1-5H3,(H,18,23)(H,20,21)/t12?,13-/m0/s1. The molecular weight excluding hydrogens is 392 g/mol. The number of carbonyl (C=O) groups is 3. The summed E-state index contributed by atoms with van der Waals surface area (Å²) in [5.74, 6) is -1.75. The van der Waals surface area contributed by atoms with Crippen LogP contribution in [0.3, 0.4) is 0 Å². The first kappa shape index (κ1) is 27.0. The molecule has 0 aromatic heterocycles. The number of esters is 1. The van der Waals surface area contributed by atoms with Crippen LogP contribution in [0.25, 0.3) is 0 Å². The van der Waals surface area contributed by atoms with Gasteiger partial charge in [-0.05, 0) is 32.1 Å². The van der Waals surface area contributed by atoms with Gasteiger partial charge in [0.1, 0.15) is 0 Å². The Morgan fingerprint density at radius 3 is 2.21 bits per heavy atom. The molecule has 0 rings (SSSR count). The van der Waals surface area contributed by atoms with Gasteiger partial charge in [-0.15, -0.1) is 0 Å². The molecule has 4 N–H and O–H groups in total. The Morgan fingerprint density at radius 2 is 1.69 bits per heavy atom. The molecule has 1 amide bonds. The van der Waals surface area contributed by atoms with Gasteiger partial charge in [-0.25, -0.2) is 14.4 Å². The molecule has 12 heteroatoms. The molecule has 12 nitrogen and oxygen atoms in total. The second kappa shape index (κ2) is 13.3. The van der Waals surface area contributed by atoms with Crippen LogP contribution < -0.4 is 5.32 Å². The molecule has 0 spiro atoms. The maximum Gasteiger partial charge on any atom is 0.410 e. The van der Waals surface area contributed by atoms with Crippen molar-refractivity contribution in [2.24, 2.45) is 11.8 Å². The van der Waals surface area contributed by atoms with Gasteiger partial charge in [0.2, 0.25) is 6.29 Å². The van der Waals surface area contributed by atoms with Gasteiger partial charge in [0.05, 0.1) is 18.6 Å². The number of nitrogens with zero attached hydrogens (tertiary/aromatic N) is 1. The first-order valence-corrected chi connectivity index (χ1v) is 9.15. The number of amides is 1. The van der Waals surface area contributed by atoms with Crippen molar-refractivity contribution in [2.45, 2.75) is 59.4 Å². The number of aliphatic carboxylic acids is 1. The molecule has 0 saturated carbocycles. The number of ether oxygens (including phenoxy) is 3. The van der Waals surface area contributed by atoms with Crippen molar-refractivity contribution in [1.29, 1.82) is 0 Å². The van der Waals surface area contributed by atoms with Crippen molar-refractivity contribution in [2.75, 3.05) is 19.8 Å². The zero-order chi connectivity index (χ0) is 22.6. The number of alkyl carbamates (subject to hydrolysis) is 1. The van der Waals surface area contributed by atoms with Crippen molar-refractivity contribution < 1.29 is 49.0 Å². The molecule has 0 radical (unpaired) electrons. The van der Waals surface area contributed by atoms with Crippen molar-refractivity contribution in [3.05, 3.63) is 0 Å². The highest BCUT2D eigenvalue weighted by Gasteiger charge is 2.32. The zero-order valence-electron chi connectivity index (χ0n) is 17.4. The van der Waals surface area contributed by atoms with E-state index in [1.807, 2.05) is 13.8 Å². The van der Waals surface area contributed by atoms with E-state index in [9.17, 15) is 14.4 Å². The quantitative estimate of drug-likeness (QED) is 0.138. The minimum atomic E-state index is -1.41. The van der Waals surface area contributed by atoms with E-state index >= 15 is 0 Å². The topological polar surface area (TPSA) is 164 Å². The third-order valence-electron chi connectivity index (χ3n) is 3.59. The van der Waals surface area contributed by atoms with Gasteiger partial charge < -0.3 is 24.6 Å². The van der Waals surface area contributed by atoms with Crippen LogP contribution in [-0.4, -0.2) is 70.6 Å². The Hall–Kier alpha value is -1.99. The lowest BCUT2D eigenvalue weighted by Crippen LogP contribution is -2.41. The molecule has 29 heavy (non-hydrogen) atoms. The van der Waals surface area contributed by atoms with Gasteiger partial charge in [0.25, 0.3) is 0 Å². The Balaban J connectivity index is 4.38. The van der Waals surface area contributed by atoms with E-state index in [1.54, 1.807) is 0 Å². The number of hydrogen-bond acceptors (Lipinski definition) is 10. The largest absolute Gasteiger partial charge is 0.481 e. The van der Waals surface area contributed by atoms with Crippen molar-refractivity contribution >= 4 is 18.0 Å². The highest BCUT2D eigenvalue weighted by molar-refractivity contribution is 5.78. The molecule has 170 valence electrons. The minimum absolute atomic E-state index is 0.0808. The zero-order valence-corrected chi connectivity index (χ0v) is 17.4. The van der Waals surface area contributed by atoms with Crippen LogP contribution in [0.5, 0.6) is 0 Å². The number of carbonyl (C=O) groups excluding carboxylic acids is 2. The van der Waals surface area contributed by atoms with E-state index in [2.05, 4.69) is 10.2 Å². The lowest BCUT2D eigenvalue weighted by molar-refractivity contribution is -0.493. The molecule has 0 saturated heterocycles. The number of hydrogen-bond donors (Lipinski definition) is 4. The molecule has 0 aromatic rings. The van der Waals surface area contributed by atoms with Crippen LogP contribution in [0.1, 0.15) is 47.5 Å². The Labute approximate surface area is 169 Å². The van der Waals surface area contributed by atoms with Gasteiger partial charge in [-0.1, -0.05) is 13.8 Å². The van der Waals surface area contributed by atoms with Crippen LogP contribution in [0, 0.1) is 11.8 Å². The summed E-state index contributed by atoms with van der Waals surface area (Å²) >= 11 is 0. The summed E-state index contributed by atoms with van der Waals surface area (Å²) in [5.41, 5.74) is -1.41. The third kappa shape index (κ3) is 13.8. The molecular formula is C17H32N2O10. The number of nitrogens with one attached hydrogen (secondary N) is 1. The summed E-state index contributed by atoms with van der Waals surface area (Å²) in [6, 6.07) is 0. The molecule has 0 bridgehead atoms. The monoisotopic (exact) mass is 424 g/mol. The SMILES string of the molecule is CC(C)C[C@H](CNC(=O)OC(C)OC(=O)C(C)(C)OCCON(O)O)CC(=O)O. The van der Waals surface area contributed by atoms with Crippen LogP contribution in [0.2, 0.25) is 0 Å². The van der Waals surface area contributed by atoms with E-state index < -0.39 is 35.3 Å². The predicted molar refractivity (Wildman–Crippen MR) is 96.6 cm³/mol. The summed E-state index contributed by atoms with van der Waals surface area (Å²) in [6.45, 7) is 7.82. The van der Waals surface area contributed by atoms with Gasteiger partial charge in [0, 0.05) is 19.9 Å². The Bertz CT molecular complexity index is 524. The summed E-state index contributed by atoms with van der Waals surface area (Å²) in [6.07, 6.45) is -1.52. The molecule has 1 unspecified atom stereocenters. The van der Waals surface area contributed by atoms with E-state index in [0.717, 1.165) is 0 Å². The normalized spacial score (nSPS) is 13.8. The molecule has 0 aliphatic rings. The molecule has 0 fully saturated rings. The van der Waals surface area contributed by atoms with Crippen LogP contribution in [-0.2, 0) is 28.6 Å². The van der Waals surface area contributed by atoms with E-state index in [1.165, 1.54) is 20.8 Å². The van der Waals surface area contributed by atoms with Crippen molar-refractivity contribution in [1.82, 2.24) is 10.7 Å². The molecule has 0 heterocycles. The van der Waals surface area contributed by atoms with Gasteiger partial charge in [-0.3, -0.25) is 15.2 Å². The van der Waals surface area contributed by atoms with Gasteiger partial charge >= 0.3 is 18.0 Å². The van der Waals surface area contributed by atoms with Crippen LogP contribution in [0.4, 0.5) is 4.79 Å². The average Bonchev–Trinajstić information content (AvgIpc) is 2.55. The lowest BCUT2D eigenvalue weighted by atomic mass is 9.94. The molecule has 0 aromatic carbocycles. The summed E-state index contributed by atoms with van der Waals surface area (Å²) in [4.78, 5) is 39.2. The number of carboxylic acids is 1. The number of rotatable bonds is 14. The summed E-state index contributed by atoms with van der Waals surface area (Å²) in [7, 11) is 0. The fourth-order valence-electron chi connectivity index (χ4n) is 2.36. The Morgan fingerprint density at radius 1 is 1.07 bits per heavy atom. The number of carboxylic acid groups (broad SMARTS) is 1. The first-order valence-electron chi connectivity index (χ1n) is 9.15. The average molecular weight is 424 g/mol. The van der Waals surface area contributed by atoms with E-state index in [-0.39, 0.29) is 38.0 Å². The highest BCUT2D eigenvalue weighted by atomic mass is 17.1. The lowest BCUT2D eigenvalue weighted by Gasteiger charge is -2.25. The first-order chi connectivity index (χ1) is 13.3. The smallest absolute Gasteiger partial charge is 0.410 e. The minimum Gasteiger partial charge on any atom is -0.481 e. The molecule has 0 aliphatic carbocycles. The fourth-order valence-corrected chi connectivity index (χ4v) is 2.36. The predicted octanol–water partition coefficient (Wildman–Crippen LogP) is 1.55. The summed E-state index contributed by atoms with van der Waals surface area (Å²) in [5, 5.41) is 27.7. The third-order valence-corrected chi connectivity index (χ3v) is 3.59. The summed E-state index contributed by atoms with van der Waals surface area (Å²) < 4.78 is 15.2. The Kier molecular flexibility index (Phi) is 12.4. The second-order valence-electron chi connectivity index (χ2n) is 7.30. The van der Waals surface area contributed by atoms with E-state index in [4.69, 9.17) is 29.7 Å². The molecule has 2 atom stereocenters.